The summed E-state index contributed by atoms with van der Waals surface area (Å²) in [5.41, 5.74) is 4.96. The monoisotopic (exact) mass is 364 g/mol. The molecule has 1 fully saturated rings. The number of carbonyl (C=O) groups is 2. The van der Waals surface area contributed by atoms with Gasteiger partial charge in [0.25, 0.3) is 0 Å². The Bertz CT molecular complexity index is 860. The molecule has 1 atom stereocenters. The molecule has 0 saturated carbocycles. The molecule has 0 bridgehead atoms. The summed E-state index contributed by atoms with van der Waals surface area (Å²) in [6.45, 7) is 10.8. The summed E-state index contributed by atoms with van der Waals surface area (Å²) >= 11 is 0. The lowest BCUT2D eigenvalue weighted by molar-refractivity contribution is -0.122. The molecule has 1 aliphatic heterocycles. The van der Waals surface area contributed by atoms with E-state index in [9.17, 15) is 9.59 Å². The van der Waals surface area contributed by atoms with Gasteiger partial charge in [0.1, 0.15) is 0 Å². The van der Waals surface area contributed by atoms with Crippen LogP contribution in [0, 0.1) is 19.8 Å². The summed E-state index contributed by atoms with van der Waals surface area (Å²) in [5.74, 6) is -0.428. The minimum absolute atomic E-state index is 0.00673. The van der Waals surface area contributed by atoms with Gasteiger partial charge in [0, 0.05) is 24.3 Å². The molecule has 0 aromatic heterocycles. The lowest BCUT2D eigenvalue weighted by Gasteiger charge is -2.27. The second-order valence-corrected chi connectivity index (χ2v) is 8.54. The lowest BCUT2D eigenvalue weighted by atomic mass is 9.85. The number of benzene rings is 2. The van der Waals surface area contributed by atoms with Crippen molar-refractivity contribution in [3.8, 4) is 0 Å². The first-order valence-corrected chi connectivity index (χ1v) is 9.44. The van der Waals surface area contributed by atoms with Crippen molar-refractivity contribution in [1.29, 1.82) is 0 Å². The van der Waals surface area contributed by atoms with E-state index < -0.39 is 0 Å². The molecule has 1 aliphatic rings. The molecule has 0 aliphatic carbocycles. The van der Waals surface area contributed by atoms with Gasteiger partial charge in [-0.05, 0) is 54.2 Å². The van der Waals surface area contributed by atoms with Gasteiger partial charge in [-0.2, -0.15) is 0 Å². The maximum Gasteiger partial charge on any atom is 0.229 e. The maximum absolute atomic E-state index is 12.8. The number of anilines is 2. The Morgan fingerprint density at radius 2 is 1.70 bits per heavy atom. The van der Waals surface area contributed by atoms with E-state index in [-0.39, 0.29) is 29.6 Å². The van der Waals surface area contributed by atoms with Gasteiger partial charge >= 0.3 is 0 Å². The third kappa shape index (κ3) is 4.21. The Morgan fingerprint density at radius 3 is 2.33 bits per heavy atom. The molecule has 0 radical (unpaired) electrons. The van der Waals surface area contributed by atoms with E-state index >= 15 is 0 Å². The second kappa shape index (κ2) is 7.18. The predicted octanol–water partition coefficient (Wildman–Crippen LogP) is 4.59. The first kappa shape index (κ1) is 19.2. The lowest BCUT2D eigenvalue weighted by Crippen LogP contribution is -2.30. The average molecular weight is 364 g/mol. The fourth-order valence-corrected chi connectivity index (χ4v) is 3.75. The zero-order valence-electron chi connectivity index (χ0n) is 16.8. The van der Waals surface area contributed by atoms with E-state index in [2.05, 4.69) is 38.2 Å². The minimum Gasteiger partial charge on any atom is -0.326 e. The van der Waals surface area contributed by atoms with Gasteiger partial charge in [-0.3, -0.25) is 9.59 Å². The Morgan fingerprint density at radius 1 is 1.07 bits per heavy atom. The van der Waals surface area contributed by atoms with Crippen LogP contribution >= 0.6 is 0 Å². The van der Waals surface area contributed by atoms with Crippen LogP contribution in [0.3, 0.4) is 0 Å². The Balaban J connectivity index is 1.79. The van der Waals surface area contributed by atoms with E-state index in [4.69, 9.17) is 0 Å². The van der Waals surface area contributed by atoms with Crippen LogP contribution in [-0.2, 0) is 15.0 Å². The van der Waals surface area contributed by atoms with Gasteiger partial charge in [0.15, 0.2) is 0 Å². The SMILES string of the molecule is Cc1cc(C)cc(NC(=O)C2CC(=O)N(c3ccccc3C(C)(C)C)C2)c1. The largest absolute Gasteiger partial charge is 0.326 e. The van der Waals surface area contributed by atoms with Crippen LogP contribution in [0.25, 0.3) is 0 Å². The molecule has 27 heavy (non-hydrogen) atoms. The van der Waals surface area contributed by atoms with Crippen molar-refractivity contribution in [2.24, 2.45) is 5.92 Å². The maximum atomic E-state index is 12.8. The molecule has 0 spiro atoms. The summed E-state index contributed by atoms with van der Waals surface area (Å²) in [6, 6.07) is 14.0. The first-order valence-electron chi connectivity index (χ1n) is 9.44. The van der Waals surface area contributed by atoms with E-state index in [1.54, 1.807) is 4.90 Å². The summed E-state index contributed by atoms with van der Waals surface area (Å²) in [4.78, 5) is 27.2. The molecule has 2 aromatic carbocycles. The van der Waals surface area contributed by atoms with Gasteiger partial charge in [-0.1, -0.05) is 45.0 Å². The number of amides is 2. The van der Waals surface area contributed by atoms with Gasteiger partial charge in [-0.15, -0.1) is 0 Å². The molecular formula is C23H28N2O2. The number of aryl methyl sites for hydroxylation is 2. The predicted molar refractivity (Wildman–Crippen MR) is 110 cm³/mol. The second-order valence-electron chi connectivity index (χ2n) is 8.54. The molecule has 1 heterocycles. The van der Waals surface area contributed by atoms with Crippen molar-refractivity contribution in [2.45, 2.75) is 46.5 Å². The van der Waals surface area contributed by atoms with Crippen LogP contribution in [0.1, 0.15) is 43.9 Å². The highest BCUT2D eigenvalue weighted by atomic mass is 16.2. The molecular weight excluding hydrogens is 336 g/mol. The zero-order chi connectivity index (χ0) is 19.8. The van der Waals surface area contributed by atoms with E-state index in [1.165, 1.54) is 0 Å². The topological polar surface area (TPSA) is 49.4 Å². The van der Waals surface area contributed by atoms with Gasteiger partial charge < -0.3 is 10.2 Å². The van der Waals surface area contributed by atoms with Crippen LogP contribution in [0.2, 0.25) is 0 Å². The minimum atomic E-state index is -0.341. The van der Waals surface area contributed by atoms with Gasteiger partial charge in [-0.25, -0.2) is 0 Å². The first-order chi connectivity index (χ1) is 12.6. The van der Waals surface area contributed by atoms with E-state index in [0.717, 1.165) is 28.1 Å². The molecule has 4 nitrogen and oxygen atoms in total. The molecule has 1 saturated heterocycles. The number of hydrogen-bond donors (Lipinski definition) is 1. The molecule has 4 heteroatoms. The number of para-hydroxylation sites is 1. The van der Waals surface area contributed by atoms with Gasteiger partial charge in [0.2, 0.25) is 11.8 Å². The number of hydrogen-bond acceptors (Lipinski definition) is 2. The third-order valence-electron chi connectivity index (χ3n) is 4.99. The number of nitrogens with one attached hydrogen (secondary N) is 1. The number of rotatable bonds is 3. The fourth-order valence-electron chi connectivity index (χ4n) is 3.75. The Labute approximate surface area is 161 Å². The molecule has 2 aromatic rings. The molecule has 1 unspecified atom stereocenters. The highest BCUT2D eigenvalue weighted by Gasteiger charge is 2.37. The summed E-state index contributed by atoms with van der Waals surface area (Å²) in [6.07, 6.45) is 0.245. The Hall–Kier alpha value is -2.62. The molecule has 1 N–H and O–H groups in total. The molecule has 2 amide bonds. The highest BCUT2D eigenvalue weighted by molar-refractivity contribution is 6.04. The van der Waals surface area contributed by atoms with Crippen LogP contribution in [-0.4, -0.2) is 18.4 Å². The standard InChI is InChI=1S/C23H28N2O2/c1-15-10-16(2)12-18(11-15)24-22(27)17-13-21(26)25(14-17)20-9-7-6-8-19(20)23(3,4)5/h6-12,17H,13-14H2,1-5H3,(H,24,27). The van der Waals surface area contributed by atoms with Gasteiger partial charge in [0.05, 0.1) is 5.92 Å². The van der Waals surface area contributed by atoms with Crippen molar-refractivity contribution in [3.63, 3.8) is 0 Å². The molecule has 142 valence electrons. The number of nitrogens with zero attached hydrogens (tertiary/aromatic N) is 1. The van der Waals surface area contributed by atoms with E-state index in [1.807, 2.05) is 44.2 Å². The van der Waals surface area contributed by atoms with E-state index in [0.29, 0.717) is 6.54 Å². The summed E-state index contributed by atoms with van der Waals surface area (Å²) < 4.78 is 0. The Kier molecular flexibility index (Phi) is 5.09. The third-order valence-corrected chi connectivity index (χ3v) is 4.99. The van der Waals surface area contributed by atoms with Crippen LogP contribution in [0.5, 0.6) is 0 Å². The smallest absolute Gasteiger partial charge is 0.229 e. The molecule has 3 rings (SSSR count). The highest BCUT2D eigenvalue weighted by Crippen LogP contribution is 2.35. The van der Waals surface area contributed by atoms with Crippen LogP contribution in [0.4, 0.5) is 11.4 Å². The van der Waals surface area contributed by atoms with Crippen molar-refractivity contribution in [1.82, 2.24) is 0 Å². The average Bonchev–Trinajstić information content (AvgIpc) is 2.95. The summed E-state index contributed by atoms with van der Waals surface area (Å²) in [5, 5.41) is 2.99. The van der Waals surface area contributed by atoms with Crippen molar-refractivity contribution < 1.29 is 9.59 Å². The fraction of sp³-hybridized carbons (Fsp3) is 0.391. The van der Waals surface area contributed by atoms with Crippen molar-refractivity contribution in [2.75, 3.05) is 16.8 Å². The normalized spacial score (nSPS) is 17.3. The zero-order valence-corrected chi connectivity index (χ0v) is 16.8. The van der Waals surface area contributed by atoms with Crippen molar-refractivity contribution in [3.05, 3.63) is 59.2 Å². The van der Waals surface area contributed by atoms with Crippen LogP contribution < -0.4 is 10.2 Å². The number of carbonyl (C=O) groups excluding carboxylic acids is 2. The summed E-state index contributed by atoms with van der Waals surface area (Å²) in [7, 11) is 0. The van der Waals surface area contributed by atoms with Crippen LogP contribution in [0.15, 0.2) is 42.5 Å². The van der Waals surface area contributed by atoms with Crippen molar-refractivity contribution >= 4 is 23.2 Å². The quantitative estimate of drug-likeness (QED) is 0.866.